The smallest absolute Gasteiger partial charge is 0.216 e. The van der Waals surface area contributed by atoms with Crippen LogP contribution in [0.25, 0.3) is 16.8 Å². The van der Waals surface area contributed by atoms with E-state index < -0.39 is 0 Å². The van der Waals surface area contributed by atoms with E-state index in [2.05, 4.69) is 19.9 Å². The van der Waals surface area contributed by atoms with Crippen molar-refractivity contribution in [2.75, 3.05) is 51.8 Å². The monoisotopic (exact) mass is 443 g/mol. The van der Waals surface area contributed by atoms with Crippen LogP contribution < -0.4 is 4.74 Å². The third-order valence-electron chi connectivity index (χ3n) is 5.71. The Morgan fingerprint density at radius 2 is 2.00 bits per heavy atom. The maximum absolute atomic E-state index is 9.78. The van der Waals surface area contributed by atoms with E-state index in [0.717, 1.165) is 43.7 Å². The summed E-state index contributed by atoms with van der Waals surface area (Å²) in [6, 6.07) is 8.92. The average Bonchev–Trinajstić information content (AvgIpc) is 3.43. The van der Waals surface area contributed by atoms with Gasteiger partial charge in [-0.05, 0) is 63.1 Å². The summed E-state index contributed by atoms with van der Waals surface area (Å²) in [4.78, 5) is 9.55. The van der Waals surface area contributed by atoms with Crippen molar-refractivity contribution in [3.8, 4) is 22.8 Å². The first-order valence-electron chi connectivity index (χ1n) is 11.0. The normalized spacial score (nSPS) is 14.6. The highest BCUT2D eigenvalue weighted by atomic mass is 35.5. The molecule has 2 aromatic heterocycles. The van der Waals surface area contributed by atoms with Gasteiger partial charge in [-0.1, -0.05) is 12.1 Å². The lowest BCUT2D eigenvalue weighted by Gasteiger charge is -2.23. The Bertz CT molecular complexity index is 974. The molecular weight excluding hydrogens is 414 g/mol. The maximum atomic E-state index is 9.78. The Balaban J connectivity index is 1.33. The summed E-state index contributed by atoms with van der Waals surface area (Å²) in [5.74, 6) is 1.41. The van der Waals surface area contributed by atoms with Crippen molar-refractivity contribution in [2.45, 2.75) is 19.3 Å². The van der Waals surface area contributed by atoms with Crippen LogP contribution in [0, 0.1) is 0 Å². The van der Waals surface area contributed by atoms with Crippen LogP contribution in [0.5, 0.6) is 11.6 Å². The molecule has 0 atom stereocenters. The van der Waals surface area contributed by atoms with E-state index in [9.17, 15) is 5.11 Å². The van der Waals surface area contributed by atoms with E-state index in [1.165, 1.54) is 25.9 Å². The van der Waals surface area contributed by atoms with Gasteiger partial charge in [0.15, 0.2) is 5.65 Å². The third kappa shape index (κ3) is 5.87. The molecule has 1 saturated heterocycles. The largest absolute Gasteiger partial charge is 0.508 e. The second-order valence-electron chi connectivity index (χ2n) is 7.92. The first-order chi connectivity index (χ1) is 15.2. The number of alkyl halides is 1. The lowest BCUT2D eigenvalue weighted by Crippen LogP contribution is -2.33. The molecule has 3 aromatic rings. The highest BCUT2D eigenvalue weighted by molar-refractivity contribution is 6.18. The van der Waals surface area contributed by atoms with Gasteiger partial charge in [-0.25, -0.2) is 4.52 Å². The standard InChI is InChI=1S/C23H30ClN5O2/c24-8-14-28(12-4-11-27-9-1-2-10-27)15-16-31-22-7-13-29-23(26-22)21(18-25-29)19-5-3-6-20(30)17-19/h3,5-7,13,17-18,30H,1-2,4,8-12,14-16H2. The molecule has 0 aliphatic carbocycles. The lowest BCUT2D eigenvalue weighted by molar-refractivity contribution is 0.202. The van der Waals surface area contributed by atoms with Gasteiger partial charge in [-0.3, -0.25) is 4.90 Å². The summed E-state index contributed by atoms with van der Waals surface area (Å²) < 4.78 is 7.67. The Morgan fingerprint density at radius 1 is 1.13 bits per heavy atom. The van der Waals surface area contributed by atoms with Gasteiger partial charge in [0.2, 0.25) is 5.88 Å². The molecule has 0 amide bonds. The van der Waals surface area contributed by atoms with Gasteiger partial charge in [0.1, 0.15) is 12.4 Å². The summed E-state index contributed by atoms with van der Waals surface area (Å²) in [6.45, 7) is 6.91. The number of phenolic OH excluding ortho intramolecular Hbond substituents is 1. The molecule has 1 aliphatic heterocycles. The summed E-state index contributed by atoms with van der Waals surface area (Å²) in [5, 5.41) is 14.1. The number of aromatic hydroxyl groups is 1. The van der Waals surface area contributed by atoms with Crippen LogP contribution in [0.2, 0.25) is 0 Å². The molecule has 4 rings (SSSR count). The predicted molar refractivity (Wildman–Crippen MR) is 123 cm³/mol. The highest BCUT2D eigenvalue weighted by Crippen LogP contribution is 2.27. The van der Waals surface area contributed by atoms with Crippen LogP contribution >= 0.6 is 11.6 Å². The molecule has 1 aliphatic rings. The molecule has 0 saturated carbocycles. The van der Waals surface area contributed by atoms with Crippen molar-refractivity contribution in [1.29, 1.82) is 0 Å². The number of rotatable bonds is 11. The van der Waals surface area contributed by atoms with E-state index in [-0.39, 0.29) is 5.75 Å². The minimum Gasteiger partial charge on any atom is -0.508 e. The van der Waals surface area contributed by atoms with E-state index >= 15 is 0 Å². The minimum atomic E-state index is 0.216. The number of aromatic nitrogens is 3. The average molecular weight is 444 g/mol. The van der Waals surface area contributed by atoms with Crippen molar-refractivity contribution < 1.29 is 9.84 Å². The van der Waals surface area contributed by atoms with E-state index in [4.69, 9.17) is 16.3 Å². The molecule has 0 radical (unpaired) electrons. The van der Waals surface area contributed by atoms with Gasteiger partial charge in [-0.15, -0.1) is 11.6 Å². The highest BCUT2D eigenvalue weighted by Gasteiger charge is 2.13. The SMILES string of the molecule is Oc1cccc(-c2cnn3ccc(OCCN(CCCl)CCCN4CCCC4)nc23)c1. The molecule has 166 valence electrons. The van der Waals surface area contributed by atoms with E-state index in [0.29, 0.717) is 24.0 Å². The number of fused-ring (bicyclic) bond motifs is 1. The van der Waals surface area contributed by atoms with Gasteiger partial charge in [0.25, 0.3) is 0 Å². The van der Waals surface area contributed by atoms with E-state index in [1.807, 2.05) is 24.4 Å². The van der Waals surface area contributed by atoms with Gasteiger partial charge < -0.3 is 14.7 Å². The topological polar surface area (TPSA) is 66.1 Å². The Labute approximate surface area is 188 Å². The van der Waals surface area contributed by atoms with Crippen molar-refractivity contribution >= 4 is 17.2 Å². The molecule has 7 nitrogen and oxygen atoms in total. The van der Waals surface area contributed by atoms with Gasteiger partial charge in [0.05, 0.1) is 6.20 Å². The Morgan fingerprint density at radius 3 is 2.81 bits per heavy atom. The molecule has 1 fully saturated rings. The summed E-state index contributed by atoms with van der Waals surface area (Å²) in [5.41, 5.74) is 2.42. The molecule has 1 N–H and O–H groups in total. The second-order valence-corrected chi connectivity index (χ2v) is 8.30. The fraction of sp³-hybridized carbons (Fsp3) is 0.478. The van der Waals surface area contributed by atoms with E-state index in [1.54, 1.807) is 22.8 Å². The van der Waals surface area contributed by atoms with Crippen molar-refractivity contribution in [3.05, 3.63) is 42.7 Å². The molecule has 3 heterocycles. The zero-order valence-corrected chi connectivity index (χ0v) is 18.5. The summed E-state index contributed by atoms with van der Waals surface area (Å²) in [7, 11) is 0. The Hall–Kier alpha value is -2.35. The molecule has 1 aromatic carbocycles. The number of hydrogen-bond donors (Lipinski definition) is 1. The number of likely N-dealkylation sites (tertiary alicyclic amines) is 1. The number of benzene rings is 1. The second kappa shape index (κ2) is 10.8. The lowest BCUT2D eigenvalue weighted by atomic mass is 10.1. The van der Waals surface area contributed by atoms with Crippen LogP contribution in [0.3, 0.4) is 0 Å². The van der Waals surface area contributed by atoms with Crippen LogP contribution in [0.1, 0.15) is 19.3 Å². The quantitative estimate of drug-likeness (QED) is 0.457. The molecule has 0 bridgehead atoms. The molecule has 0 spiro atoms. The van der Waals surface area contributed by atoms with Crippen LogP contribution in [0.4, 0.5) is 0 Å². The van der Waals surface area contributed by atoms with Gasteiger partial charge >= 0.3 is 0 Å². The Kier molecular flexibility index (Phi) is 7.61. The fourth-order valence-electron chi connectivity index (χ4n) is 4.07. The predicted octanol–water partition coefficient (Wildman–Crippen LogP) is 3.51. The van der Waals surface area contributed by atoms with Crippen LogP contribution in [0.15, 0.2) is 42.7 Å². The minimum absolute atomic E-state index is 0.216. The first-order valence-corrected chi connectivity index (χ1v) is 11.5. The summed E-state index contributed by atoms with van der Waals surface area (Å²) >= 11 is 6.01. The zero-order chi connectivity index (χ0) is 21.5. The number of ether oxygens (including phenoxy) is 1. The molecule has 0 unspecified atom stereocenters. The third-order valence-corrected chi connectivity index (χ3v) is 5.88. The molecular formula is C23H30ClN5O2. The number of hydrogen-bond acceptors (Lipinski definition) is 6. The first kappa shape index (κ1) is 21.9. The molecule has 31 heavy (non-hydrogen) atoms. The van der Waals surface area contributed by atoms with Gasteiger partial charge in [-0.2, -0.15) is 10.1 Å². The van der Waals surface area contributed by atoms with Gasteiger partial charge in [0, 0.05) is 36.8 Å². The van der Waals surface area contributed by atoms with Crippen LogP contribution in [-0.4, -0.2) is 81.3 Å². The number of nitrogens with zero attached hydrogens (tertiary/aromatic N) is 5. The van der Waals surface area contributed by atoms with Crippen molar-refractivity contribution in [3.63, 3.8) is 0 Å². The maximum Gasteiger partial charge on any atom is 0.216 e. The fourth-order valence-corrected chi connectivity index (χ4v) is 4.31. The zero-order valence-electron chi connectivity index (χ0n) is 17.8. The van der Waals surface area contributed by atoms with Crippen LogP contribution in [-0.2, 0) is 0 Å². The summed E-state index contributed by atoms with van der Waals surface area (Å²) in [6.07, 6.45) is 7.42. The van der Waals surface area contributed by atoms with Crippen molar-refractivity contribution in [1.82, 2.24) is 24.4 Å². The number of halogens is 1. The number of phenols is 1. The molecule has 8 heteroatoms. The van der Waals surface area contributed by atoms with Crippen molar-refractivity contribution in [2.24, 2.45) is 0 Å².